The van der Waals surface area contributed by atoms with E-state index in [1.54, 1.807) is 37.4 Å². The molecule has 3 aromatic carbocycles. The molecule has 1 aliphatic rings. The molecule has 49 heavy (non-hydrogen) atoms. The van der Waals surface area contributed by atoms with Gasteiger partial charge in [-0.3, -0.25) is 9.69 Å². The first-order chi connectivity index (χ1) is 23.9. The minimum atomic E-state index is -0.461. The molecule has 10 nitrogen and oxygen atoms in total. The summed E-state index contributed by atoms with van der Waals surface area (Å²) in [7, 11) is 1.69. The lowest BCUT2D eigenvalue weighted by atomic mass is 9.93. The lowest BCUT2D eigenvalue weighted by molar-refractivity contribution is 0.0954. The quantitative estimate of drug-likeness (QED) is 0.141. The van der Waals surface area contributed by atoms with Crippen molar-refractivity contribution in [1.29, 1.82) is 0 Å². The molecule has 1 aliphatic heterocycles. The molecule has 0 atom stereocenters. The number of carbonyl (C=O) groups is 1. The van der Waals surface area contributed by atoms with Crippen molar-refractivity contribution in [3.05, 3.63) is 124 Å². The number of methoxy groups -OCH3 is 1. The first-order valence-electron chi connectivity index (χ1n) is 16.4. The number of phenolic OH excluding ortho intramolecular Hbond substituents is 1. The Morgan fingerprint density at radius 2 is 1.88 bits per heavy atom. The zero-order chi connectivity index (χ0) is 34.2. The standard InChI is InChI=1S/C38H39FN6O4/c1-40-30-10-8-29(32(39)23-30)25-49-37-5-3-4-33(43-37)27-15-18-44(19-16-27)24-36-42-34-22-28(9-13-35(34)45(36)20-21-48-2)38(47)41-17-14-26-6-11-31(46)12-7-26/h3-13,22-23,27,46H,14-21,24-25H2,2H3,(H,41,47). The van der Waals surface area contributed by atoms with Gasteiger partial charge in [0.25, 0.3) is 5.91 Å². The summed E-state index contributed by atoms with van der Waals surface area (Å²) in [6.45, 7) is 11.2. The third-order valence-electron chi connectivity index (χ3n) is 8.90. The number of imidazole rings is 1. The van der Waals surface area contributed by atoms with Gasteiger partial charge in [-0.1, -0.05) is 30.3 Å². The number of aromatic nitrogens is 3. The predicted molar refractivity (Wildman–Crippen MR) is 184 cm³/mol. The molecule has 5 aromatic rings. The highest BCUT2D eigenvalue weighted by atomic mass is 19.1. The average Bonchev–Trinajstić information content (AvgIpc) is 3.47. The number of pyridine rings is 1. The number of nitrogens with one attached hydrogen (secondary N) is 1. The number of nitrogens with zero attached hydrogens (tertiary/aromatic N) is 5. The summed E-state index contributed by atoms with van der Waals surface area (Å²) in [5.74, 6) is 1.26. The van der Waals surface area contributed by atoms with E-state index in [-0.39, 0.29) is 29.9 Å². The lowest BCUT2D eigenvalue weighted by Crippen LogP contribution is -2.33. The maximum atomic E-state index is 14.3. The highest BCUT2D eigenvalue weighted by molar-refractivity contribution is 5.97. The van der Waals surface area contributed by atoms with Crippen LogP contribution in [0.5, 0.6) is 11.6 Å². The third kappa shape index (κ3) is 8.41. The zero-order valence-electron chi connectivity index (χ0n) is 27.4. The Bertz CT molecular complexity index is 1950. The first-order valence-corrected chi connectivity index (χ1v) is 16.4. The second kappa shape index (κ2) is 15.7. The summed E-state index contributed by atoms with van der Waals surface area (Å²) >= 11 is 0. The number of aromatic hydroxyl groups is 1. The molecule has 6 rings (SSSR count). The Morgan fingerprint density at radius 3 is 2.63 bits per heavy atom. The highest BCUT2D eigenvalue weighted by Crippen LogP contribution is 2.29. The van der Waals surface area contributed by atoms with Crippen molar-refractivity contribution in [2.24, 2.45) is 0 Å². The second-order valence-electron chi connectivity index (χ2n) is 12.2. The molecule has 11 heteroatoms. The van der Waals surface area contributed by atoms with Crippen LogP contribution in [-0.4, -0.2) is 63.8 Å². The molecule has 1 amide bonds. The van der Waals surface area contributed by atoms with E-state index < -0.39 is 5.82 Å². The van der Waals surface area contributed by atoms with E-state index in [9.17, 15) is 14.3 Å². The maximum Gasteiger partial charge on any atom is 0.251 e. The van der Waals surface area contributed by atoms with Gasteiger partial charge in [-0.2, -0.15) is 0 Å². The van der Waals surface area contributed by atoms with Gasteiger partial charge in [-0.05, 0) is 80.4 Å². The number of fused-ring (bicyclic) bond motifs is 1. The van der Waals surface area contributed by atoms with Crippen LogP contribution in [0.15, 0.2) is 78.9 Å². The maximum absolute atomic E-state index is 14.3. The molecule has 0 radical (unpaired) electrons. The van der Waals surface area contributed by atoms with Crippen molar-refractivity contribution in [2.45, 2.75) is 44.9 Å². The summed E-state index contributed by atoms with van der Waals surface area (Å²) in [6.07, 6.45) is 2.52. The van der Waals surface area contributed by atoms with E-state index in [0.29, 0.717) is 49.7 Å². The molecule has 2 N–H and O–H groups in total. The van der Waals surface area contributed by atoms with Crippen molar-refractivity contribution in [3.63, 3.8) is 0 Å². The summed E-state index contributed by atoms with van der Waals surface area (Å²) in [5.41, 5.74) is 4.93. The summed E-state index contributed by atoms with van der Waals surface area (Å²) < 4.78 is 27.7. The van der Waals surface area contributed by atoms with Crippen molar-refractivity contribution in [1.82, 2.24) is 24.8 Å². The fraction of sp³-hybridized carbons (Fsp3) is 0.316. The van der Waals surface area contributed by atoms with Crippen LogP contribution in [0.1, 0.15) is 51.8 Å². The van der Waals surface area contributed by atoms with Crippen molar-refractivity contribution in [3.8, 4) is 11.6 Å². The van der Waals surface area contributed by atoms with Gasteiger partial charge >= 0.3 is 0 Å². The number of carbonyl (C=O) groups excluding carboxylic acids is 1. The number of phenols is 1. The second-order valence-corrected chi connectivity index (χ2v) is 12.2. The van der Waals surface area contributed by atoms with Crippen LogP contribution in [0, 0.1) is 12.4 Å². The third-order valence-corrected chi connectivity index (χ3v) is 8.90. The van der Waals surface area contributed by atoms with Crippen LogP contribution in [0.25, 0.3) is 15.9 Å². The fourth-order valence-corrected chi connectivity index (χ4v) is 6.16. The number of rotatable bonds is 13. The van der Waals surface area contributed by atoms with Crippen molar-refractivity contribution >= 4 is 22.6 Å². The summed E-state index contributed by atoms with van der Waals surface area (Å²) in [4.78, 5) is 28.3. The first kappa shape index (κ1) is 33.6. The minimum absolute atomic E-state index is 0.0380. The van der Waals surface area contributed by atoms with E-state index in [2.05, 4.69) is 19.6 Å². The van der Waals surface area contributed by atoms with Crippen LogP contribution >= 0.6 is 0 Å². The molecule has 1 saturated heterocycles. The number of hydrogen-bond donors (Lipinski definition) is 2. The molecule has 0 unspecified atom stereocenters. The van der Waals surface area contributed by atoms with E-state index >= 15 is 0 Å². The fourth-order valence-electron chi connectivity index (χ4n) is 6.16. The van der Waals surface area contributed by atoms with Crippen molar-refractivity contribution < 1.29 is 23.8 Å². The molecule has 0 bridgehead atoms. The largest absolute Gasteiger partial charge is 0.508 e. The van der Waals surface area contributed by atoms with Gasteiger partial charge in [0.05, 0.1) is 30.8 Å². The molecular formula is C38H39FN6O4. The molecule has 0 saturated carbocycles. The number of halogens is 1. The zero-order valence-corrected chi connectivity index (χ0v) is 27.4. The van der Waals surface area contributed by atoms with Gasteiger partial charge in [0.2, 0.25) is 5.88 Å². The Labute approximate surface area is 285 Å². The Morgan fingerprint density at radius 1 is 1.06 bits per heavy atom. The molecule has 252 valence electrons. The number of ether oxygens (including phenoxy) is 2. The van der Waals surface area contributed by atoms with Crippen LogP contribution in [0.4, 0.5) is 10.1 Å². The van der Waals surface area contributed by atoms with Gasteiger partial charge in [0.1, 0.15) is 24.0 Å². The van der Waals surface area contributed by atoms with Crippen LogP contribution < -0.4 is 10.1 Å². The van der Waals surface area contributed by atoms with Crippen LogP contribution in [0.2, 0.25) is 0 Å². The molecule has 3 heterocycles. The summed E-state index contributed by atoms with van der Waals surface area (Å²) in [5, 5.41) is 12.5. The van der Waals surface area contributed by atoms with E-state index in [0.717, 1.165) is 54.0 Å². The number of amides is 1. The Kier molecular flexibility index (Phi) is 10.8. The number of likely N-dealkylation sites (tertiary alicyclic amines) is 1. The van der Waals surface area contributed by atoms with Gasteiger partial charge in [0.15, 0.2) is 5.69 Å². The van der Waals surface area contributed by atoms with Gasteiger partial charge in [0, 0.05) is 49.0 Å². The van der Waals surface area contributed by atoms with Crippen LogP contribution in [-0.2, 0) is 30.9 Å². The lowest BCUT2D eigenvalue weighted by Gasteiger charge is -2.31. The monoisotopic (exact) mass is 662 g/mol. The van der Waals surface area contributed by atoms with E-state index in [1.165, 1.54) is 6.07 Å². The smallest absolute Gasteiger partial charge is 0.251 e. The molecular weight excluding hydrogens is 623 g/mol. The molecule has 0 spiro atoms. The highest BCUT2D eigenvalue weighted by Gasteiger charge is 2.24. The number of hydrogen-bond acceptors (Lipinski definition) is 7. The Hall–Kier alpha value is -5.31. The van der Waals surface area contributed by atoms with Crippen LogP contribution in [0.3, 0.4) is 0 Å². The average molecular weight is 663 g/mol. The topological polar surface area (TPSA) is 106 Å². The van der Waals surface area contributed by atoms with Gasteiger partial charge < -0.3 is 24.5 Å². The molecule has 0 aliphatic carbocycles. The number of benzene rings is 3. The SMILES string of the molecule is [C-]#[N+]c1ccc(COc2cccc(C3CCN(Cc4nc5cc(C(=O)NCCc6ccc(O)cc6)ccc5n4CCOC)CC3)n2)c(F)c1. The van der Waals surface area contributed by atoms with Crippen molar-refractivity contribution in [2.75, 3.05) is 33.4 Å². The number of piperidine rings is 1. The summed E-state index contributed by atoms with van der Waals surface area (Å²) in [6, 6.07) is 22.7. The minimum Gasteiger partial charge on any atom is -0.508 e. The van der Waals surface area contributed by atoms with Gasteiger partial charge in [-0.25, -0.2) is 19.2 Å². The van der Waals surface area contributed by atoms with Gasteiger partial charge in [-0.15, -0.1) is 0 Å². The predicted octanol–water partition coefficient (Wildman–Crippen LogP) is 6.40. The van der Waals surface area contributed by atoms with E-state index in [1.807, 2.05) is 42.5 Å². The molecule has 1 fully saturated rings. The molecule has 2 aromatic heterocycles. The van der Waals surface area contributed by atoms with E-state index in [4.69, 9.17) is 26.0 Å². The normalized spacial score (nSPS) is 13.7. The Balaban J connectivity index is 1.06.